The fourth-order valence-electron chi connectivity index (χ4n) is 2.40. The van der Waals surface area contributed by atoms with E-state index in [2.05, 4.69) is 10.4 Å². The SMILES string of the molecule is CCCC(O)(CCC)CNC(=O)c1cn(C)nc1C. The molecule has 0 aliphatic carbocycles. The highest BCUT2D eigenvalue weighted by molar-refractivity contribution is 5.95. The van der Waals surface area contributed by atoms with Crippen LogP contribution in [-0.4, -0.2) is 32.9 Å². The predicted octanol–water partition coefficient (Wildman–Crippen LogP) is 1.79. The maximum atomic E-state index is 12.1. The fourth-order valence-corrected chi connectivity index (χ4v) is 2.40. The third-order valence-electron chi connectivity index (χ3n) is 3.27. The third-order valence-corrected chi connectivity index (χ3v) is 3.27. The van der Waals surface area contributed by atoms with Crippen molar-refractivity contribution in [1.82, 2.24) is 15.1 Å². The number of hydrogen-bond donors (Lipinski definition) is 2. The zero-order valence-electron chi connectivity index (χ0n) is 12.4. The molecule has 0 aliphatic heterocycles. The molecule has 0 fully saturated rings. The van der Waals surface area contributed by atoms with Crippen LogP contribution in [0.2, 0.25) is 0 Å². The quantitative estimate of drug-likeness (QED) is 0.791. The molecule has 1 aromatic heterocycles. The highest BCUT2D eigenvalue weighted by atomic mass is 16.3. The first-order valence-electron chi connectivity index (χ1n) is 6.92. The number of aromatic nitrogens is 2. The fraction of sp³-hybridized carbons (Fsp3) is 0.714. The highest BCUT2D eigenvalue weighted by Crippen LogP contribution is 2.18. The number of nitrogens with zero attached hydrogens (tertiary/aromatic N) is 2. The summed E-state index contributed by atoms with van der Waals surface area (Å²) in [4.78, 5) is 12.1. The van der Waals surface area contributed by atoms with Crippen LogP contribution < -0.4 is 5.32 Å². The average molecular weight is 267 g/mol. The summed E-state index contributed by atoms with van der Waals surface area (Å²) in [6.07, 6.45) is 4.90. The molecule has 108 valence electrons. The molecule has 0 aliphatic rings. The molecule has 1 heterocycles. The lowest BCUT2D eigenvalue weighted by atomic mass is 9.92. The van der Waals surface area contributed by atoms with Crippen LogP contribution in [0.1, 0.15) is 55.6 Å². The van der Waals surface area contributed by atoms with Crippen molar-refractivity contribution in [2.24, 2.45) is 7.05 Å². The van der Waals surface area contributed by atoms with Crippen molar-refractivity contribution in [3.05, 3.63) is 17.5 Å². The van der Waals surface area contributed by atoms with Gasteiger partial charge in [-0.1, -0.05) is 26.7 Å². The summed E-state index contributed by atoms with van der Waals surface area (Å²) < 4.78 is 1.62. The maximum Gasteiger partial charge on any atom is 0.254 e. The molecule has 19 heavy (non-hydrogen) atoms. The summed E-state index contributed by atoms with van der Waals surface area (Å²) in [7, 11) is 1.79. The monoisotopic (exact) mass is 267 g/mol. The van der Waals surface area contributed by atoms with Crippen LogP contribution in [0.4, 0.5) is 0 Å². The van der Waals surface area contributed by atoms with Gasteiger partial charge in [0.15, 0.2) is 0 Å². The van der Waals surface area contributed by atoms with E-state index in [1.165, 1.54) is 0 Å². The number of nitrogens with one attached hydrogen (secondary N) is 1. The van der Waals surface area contributed by atoms with Gasteiger partial charge in [-0.25, -0.2) is 0 Å². The van der Waals surface area contributed by atoms with Crippen LogP contribution in [0, 0.1) is 6.92 Å². The molecule has 1 rings (SSSR count). The van der Waals surface area contributed by atoms with Crippen molar-refractivity contribution in [3.8, 4) is 0 Å². The van der Waals surface area contributed by atoms with E-state index < -0.39 is 5.60 Å². The van der Waals surface area contributed by atoms with E-state index in [4.69, 9.17) is 0 Å². The molecule has 0 saturated carbocycles. The number of carbonyl (C=O) groups is 1. The molecule has 0 aromatic carbocycles. The number of aliphatic hydroxyl groups is 1. The van der Waals surface area contributed by atoms with Crippen molar-refractivity contribution >= 4 is 5.91 Å². The van der Waals surface area contributed by atoms with E-state index in [0.717, 1.165) is 12.8 Å². The van der Waals surface area contributed by atoms with Crippen molar-refractivity contribution < 1.29 is 9.90 Å². The van der Waals surface area contributed by atoms with Gasteiger partial charge in [0.2, 0.25) is 0 Å². The van der Waals surface area contributed by atoms with Gasteiger partial charge in [0, 0.05) is 19.8 Å². The van der Waals surface area contributed by atoms with E-state index in [9.17, 15) is 9.90 Å². The van der Waals surface area contributed by atoms with Crippen LogP contribution in [0.15, 0.2) is 6.20 Å². The average Bonchev–Trinajstić information content (AvgIpc) is 2.66. The molecule has 0 spiro atoms. The Labute approximate surface area is 115 Å². The summed E-state index contributed by atoms with van der Waals surface area (Å²) in [5.74, 6) is -0.170. The van der Waals surface area contributed by atoms with E-state index >= 15 is 0 Å². The lowest BCUT2D eigenvalue weighted by Crippen LogP contribution is -2.42. The van der Waals surface area contributed by atoms with Gasteiger partial charge >= 0.3 is 0 Å². The van der Waals surface area contributed by atoms with Gasteiger partial charge in [-0.3, -0.25) is 9.48 Å². The summed E-state index contributed by atoms with van der Waals surface area (Å²) in [6.45, 7) is 6.17. The Morgan fingerprint density at radius 2 is 2.00 bits per heavy atom. The topological polar surface area (TPSA) is 67.2 Å². The number of carbonyl (C=O) groups excluding carboxylic acids is 1. The molecule has 0 bridgehead atoms. The van der Waals surface area contributed by atoms with E-state index in [0.29, 0.717) is 30.6 Å². The second kappa shape index (κ2) is 6.70. The van der Waals surface area contributed by atoms with Crippen LogP contribution in [-0.2, 0) is 7.05 Å². The highest BCUT2D eigenvalue weighted by Gasteiger charge is 2.26. The minimum Gasteiger partial charge on any atom is -0.388 e. The van der Waals surface area contributed by atoms with Gasteiger partial charge in [-0.15, -0.1) is 0 Å². The van der Waals surface area contributed by atoms with Crippen molar-refractivity contribution in [2.45, 2.75) is 52.1 Å². The smallest absolute Gasteiger partial charge is 0.254 e. The van der Waals surface area contributed by atoms with Crippen LogP contribution in [0.5, 0.6) is 0 Å². The minimum atomic E-state index is -0.796. The lowest BCUT2D eigenvalue weighted by Gasteiger charge is -2.27. The molecule has 2 N–H and O–H groups in total. The largest absolute Gasteiger partial charge is 0.388 e. The Kier molecular flexibility index (Phi) is 5.54. The second-order valence-electron chi connectivity index (χ2n) is 5.21. The molecular formula is C14H25N3O2. The Balaban J connectivity index is 2.64. The summed E-state index contributed by atoms with van der Waals surface area (Å²) in [5.41, 5.74) is 0.474. The van der Waals surface area contributed by atoms with Crippen LogP contribution in [0.25, 0.3) is 0 Å². The van der Waals surface area contributed by atoms with Crippen LogP contribution >= 0.6 is 0 Å². The Morgan fingerprint density at radius 3 is 2.42 bits per heavy atom. The van der Waals surface area contributed by atoms with E-state index in [-0.39, 0.29) is 5.91 Å². The molecule has 5 heteroatoms. The first-order valence-corrected chi connectivity index (χ1v) is 6.92. The molecule has 0 unspecified atom stereocenters. The lowest BCUT2D eigenvalue weighted by molar-refractivity contribution is 0.0213. The van der Waals surface area contributed by atoms with Gasteiger partial charge in [0.05, 0.1) is 16.9 Å². The normalized spacial score (nSPS) is 11.6. The van der Waals surface area contributed by atoms with Crippen LogP contribution in [0.3, 0.4) is 0 Å². The molecule has 1 amide bonds. The number of amides is 1. The summed E-state index contributed by atoms with van der Waals surface area (Å²) in [6, 6.07) is 0. The number of aryl methyl sites for hydroxylation is 2. The molecule has 5 nitrogen and oxygen atoms in total. The van der Waals surface area contributed by atoms with Crippen molar-refractivity contribution in [1.29, 1.82) is 0 Å². The van der Waals surface area contributed by atoms with Gasteiger partial charge in [0.1, 0.15) is 0 Å². The van der Waals surface area contributed by atoms with Crippen molar-refractivity contribution in [2.75, 3.05) is 6.54 Å². The standard InChI is InChI=1S/C14H25N3O2/c1-5-7-14(19,8-6-2)10-15-13(18)12-9-17(4)16-11(12)3/h9,19H,5-8,10H2,1-4H3,(H,15,18). The summed E-state index contributed by atoms with van der Waals surface area (Å²) >= 11 is 0. The Morgan fingerprint density at radius 1 is 1.42 bits per heavy atom. The summed E-state index contributed by atoms with van der Waals surface area (Å²) in [5, 5.41) is 17.4. The molecule has 0 radical (unpaired) electrons. The predicted molar refractivity (Wildman–Crippen MR) is 75.0 cm³/mol. The van der Waals surface area contributed by atoms with Gasteiger partial charge in [0.25, 0.3) is 5.91 Å². The maximum absolute atomic E-state index is 12.1. The van der Waals surface area contributed by atoms with E-state index in [1.807, 2.05) is 13.8 Å². The van der Waals surface area contributed by atoms with E-state index in [1.54, 1.807) is 24.9 Å². The number of hydrogen-bond acceptors (Lipinski definition) is 3. The van der Waals surface area contributed by atoms with Gasteiger partial charge in [-0.2, -0.15) is 5.10 Å². The molecule has 0 saturated heterocycles. The number of rotatable bonds is 7. The molecular weight excluding hydrogens is 242 g/mol. The zero-order chi connectivity index (χ0) is 14.5. The van der Waals surface area contributed by atoms with Crippen molar-refractivity contribution in [3.63, 3.8) is 0 Å². The minimum absolute atomic E-state index is 0.170. The Hall–Kier alpha value is -1.36. The third kappa shape index (κ3) is 4.35. The second-order valence-corrected chi connectivity index (χ2v) is 5.21. The Bertz CT molecular complexity index is 420. The zero-order valence-corrected chi connectivity index (χ0v) is 12.4. The molecule has 1 aromatic rings. The van der Waals surface area contributed by atoms with Gasteiger partial charge in [-0.05, 0) is 19.8 Å². The first kappa shape index (κ1) is 15.7. The van der Waals surface area contributed by atoms with Gasteiger partial charge < -0.3 is 10.4 Å². The first-order chi connectivity index (χ1) is 8.91. The molecule has 0 atom stereocenters.